The van der Waals surface area contributed by atoms with E-state index in [0.29, 0.717) is 54.1 Å². The average molecular weight is 447 g/mol. The van der Waals surface area contributed by atoms with Crippen LogP contribution in [0.4, 0.5) is 19.0 Å². The Bertz CT molecular complexity index is 1120. The van der Waals surface area contributed by atoms with Crippen molar-refractivity contribution in [2.24, 2.45) is 0 Å². The van der Waals surface area contributed by atoms with Crippen LogP contribution in [-0.2, 0) is 6.18 Å². The van der Waals surface area contributed by atoms with E-state index in [1.54, 1.807) is 13.0 Å². The Morgan fingerprint density at radius 3 is 2.56 bits per heavy atom. The van der Waals surface area contributed by atoms with Gasteiger partial charge in [0.25, 0.3) is 11.6 Å². The maximum absolute atomic E-state index is 13.1. The Balaban J connectivity index is 1.44. The van der Waals surface area contributed by atoms with E-state index in [2.05, 4.69) is 20.4 Å². The number of carbonyl (C=O) groups excluding carboxylic acids is 1. The summed E-state index contributed by atoms with van der Waals surface area (Å²) in [6.07, 6.45) is -2.24. The highest BCUT2D eigenvalue weighted by Crippen LogP contribution is 2.30. The first-order valence-corrected chi connectivity index (χ1v) is 10.5. The third-order valence-electron chi connectivity index (χ3n) is 5.70. The number of pyridine rings is 2. The Kier molecular flexibility index (Phi) is 5.79. The topological polar surface area (TPSA) is 84.1 Å². The zero-order valence-electron chi connectivity index (χ0n) is 18.0. The quantitative estimate of drug-likeness (QED) is 0.636. The molecule has 0 saturated carbocycles. The lowest BCUT2D eigenvalue weighted by Gasteiger charge is -2.33. The van der Waals surface area contributed by atoms with Gasteiger partial charge in [-0.15, -0.1) is 0 Å². The van der Waals surface area contributed by atoms with Crippen molar-refractivity contribution in [2.75, 3.05) is 18.0 Å². The number of anilines is 1. The molecule has 170 valence electrons. The first kappa shape index (κ1) is 22.0. The lowest BCUT2D eigenvalue weighted by Crippen LogP contribution is -2.45. The molecule has 3 aromatic rings. The fraction of sp³-hybridized carbons (Fsp3) is 0.455. The number of alkyl halides is 3. The van der Waals surface area contributed by atoms with Crippen molar-refractivity contribution >= 4 is 22.8 Å². The molecule has 0 radical (unpaired) electrons. The Hall–Kier alpha value is -3.17. The van der Waals surface area contributed by atoms with Crippen molar-refractivity contribution in [3.63, 3.8) is 0 Å². The number of fused-ring (bicyclic) bond motifs is 1. The third kappa shape index (κ3) is 4.39. The van der Waals surface area contributed by atoms with Crippen molar-refractivity contribution in [3.05, 3.63) is 46.9 Å². The SMILES string of the molecule is Cc1noc2nc(C(C)C)cc(C(=O)NC3CCN(c4ccc(C(F)(F)F)cn4)CC3)c12. The van der Waals surface area contributed by atoms with Crippen molar-refractivity contribution < 1.29 is 22.5 Å². The van der Waals surface area contributed by atoms with Crippen LogP contribution in [0.2, 0.25) is 0 Å². The predicted molar refractivity (Wildman–Crippen MR) is 113 cm³/mol. The van der Waals surface area contributed by atoms with Crippen molar-refractivity contribution in [2.45, 2.75) is 51.7 Å². The largest absolute Gasteiger partial charge is 0.417 e. The van der Waals surface area contributed by atoms with E-state index >= 15 is 0 Å². The van der Waals surface area contributed by atoms with Gasteiger partial charge in [-0.3, -0.25) is 4.79 Å². The van der Waals surface area contributed by atoms with E-state index in [1.165, 1.54) is 6.07 Å². The van der Waals surface area contributed by atoms with Crippen LogP contribution in [0, 0.1) is 6.92 Å². The van der Waals surface area contributed by atoms with E-state index in [4.69, 9.17) is 4.52 Å². The van der Waals surface area contributed by atoms with Gasteiger partial charge in [-0.05, 0) is 43.9 Å². The second-order valence-corrected chi connectivity index (χ2v) is 8.34. The van der Waals surface area contributed by atoms with E-state index in [9.17, 15) is 18.0 Å². The van der Waals surface area contributed by atoms with Crippen LogP contribution < -0.4 is 10.2 Å². The average Bonchev–Trinajstić information content (AvgIpc) is 3.14. The van der Waals surface area contributed by atoms with E-state index in [-0.39, 0.29) is 17.9 Å². The van der Waals surface area contributed by atoms with E-state index in [0.717, 1.165) is 18.0 Å². The number of aromatic nitrogens is 3. The van der Waals surface area contributed by atoms with Crippen LogP contribution in [0.25, 0.3) is 11.1 Å². The van der Waals surface area contributed by atoms with Gasteiger partial charge in [-0.1, -0.05) is 19.0 Å². The Morgan fingerprint density at radius 1 is 1.25 bits per heavy atom. The van der Waals surface area contributed by atoms with Crippen LogP contribution in [0.15, 0.2) is 28.9 Å². The summed E-state index contributed by atoms with van der Waals surface area (Å²) >= 11 is 0. The summed E-state index contributed by atoms with van der Waals surface area (Å²) in [7, 11) is 0. The molecule has 1 aliphatic heterocycles. The monoisotopic (exact) mass is 447 g/mol. The summed E-state index contributed by atoms with van der Waals surface area (Å²) < 4.78 is 43.5. The second-order valence-electron chi connectivity index (χ2n) is 8.34. The van der Waals surface area contributed by atoms with Crippen LogP contribution in [0.3, 0.4) is 0 Å². The second kappa shape index (κ2) is 8.40. The van der Waals surface area contributed by atoms with Gasteiger partial charge in [0.1, 0.15) is 5.82 Å². The van der Waals surface area contributed by atoms with Gasteiger partial charge in [-0.25, -0.2) is 9.97 Å². The van der Waals surface area contributed by atoms with Gasteiger partial charge in [0, 0.05) is 31.0 Å². The molecule has 0 unspecified atom stereocenters. The van der Waals surface area contributed by atoms with Gasteiger partial charge >= 0.3 is 6.18 Å². The van der Waals surface area contributed by atoms with Crippen molar-refractivity contribution in [1.82, 2.24) is 20.4 Å². The number of hydrogen-bond acceptors (Lipinski definition) is 6. The molecule has 1 fully saturated rings. The molecule has 1 saturated heterocycles. The summed E-state index contributed by atoms with van der Waals surface area (Å²) in [5.41, 5.74) is 1.43. The molecule has 1 aliphatic rings. The molecule has 1 amide bonds. The molecule has 10 heteroatoms. The number of nitrogens with one attached hydrogen (secondary N) is 1. The molecule has 32 heavy (non-hydrogen) atoms. The fourth-order valence-corrected chi connectivity index (χ4v) is 3.85. The van der Waals surface area contributed by atoms with Gasteiger partial charge in [0.05, 0.1) is 22.2 Å². The molecule has 0 spiro atoms. The predicted octanol–water partition coefficient (Wildman–Crippen LogP) is 4.47. The molecule has 0 aliphatic carbocycles. The van der Waals surface area contributed by atoms with Gasteiger partial charge in [-0.2, -0.15) is 13.2 Å². The minimum Gasteiger partial charge on any atom is -0.356 e. The molecule has 4 rings (SSSR count). The summed E-state index contributed by atoms with van der Waals surface area (Å²) in [6.45, 7) is 6.92. The molecule has 0 bridgehead atoms. The highest BCUT2D eigenvalue weighted by molar-refractivity contribution is 6.06. The van der Waals surface area contributed by atoms with Crippen molar-refractivity contribution in [3.8, 4) is 0 Å². The van der Waals surface area contributed by atoms with E-state index < -0.39 is 11.7 Å². The van der Waals surface area contributed by atoms with Crippen LogP contribution >= 0.6 is 0 Å². The number of aryl methyl sites for hydroxylation is 1. The maximum atomic E-state index is 13.1. The zero-order chi connectivity index (χ0) is 23.0. The highest BCUT2D eigenvalue weighted by atomic mass is 19.4. The van der Waals surface area contributed by atoms with Gasteiger partial charge in [0.2, 0.25) is 0 Å². The number of carbonyl (C=O) groups is 1. The minimum atomic E-state index is -4.40. The van der Waals surface area contributed by atoms with Gasteiger partial charge < -0.3 is 14.7 Å². The summed E-state index contributed by atoms with van der Waals surface area (Å²) in [5, 5.41) is 7.64. The smallest absolute Gasteiger partial charge is 0.356 e. The maximum Gasteiger partial charge on any atom is 0.417 e. The standard InChI is InChI=1S/C22H24F3N5O2/c1-12(2)17-10-16(19-13(3)29-32-21(19)28-17)20(31)27-15-6-8-30(9-7-15)18-5-4-14(11-26-18)22(23,24)25/h4-5,10-12,15H,6-9H2,1-3H3,(H,27,31). The molecular formula is C22H24F3N5O2. The van der Waals surface area contributed by atoms with Gasteiger partial charge in [0.15, 0.2) is 0 Å². The molecule has 0 atom stereocenters. The summed E-state index contributed by atoms with van der Waals surface area (Å²) in [5.74, 6) is 0.410. The molecule has 1 N–H and O–H groups in total. The number of halogens is 3. The molecular weight excluding hydrogens is 423 g/mol. The van der Waals surface area contributed by atoms with Crippen LogP contribution in [0.1, 0.15) is 59.9 Å². The number of rotatable bonds is 4. The lowest BCUT2D eigenvalue weighted by molar-refractivity contribution is -0.137. The first-order valence-electron chi connectivity index (χ1n) is 10.5. The van der Waals surface area contributed by atoms with Crippen LogP contribution in [0.5, 0.6) is 0 Å². The zero-order valence-corrected chi connectivity index (χ0v) is 18.0. The number of piperidine rings is 1. The highest BCUT2D eigenvalue weighted by Gasteiger charge is 2.31. The fourth-order valence-electron chi connectivity index (χ4n) is 3.85. The summed E-state index contributed by atoms with van der Waals surface area (Å²) in [4.78, 5) is 23.4. The number of nitrogens with zero attached hydrogens (tertiary/aromatic N) is 4. The summed E-state index contributed by atoms with van der Waals surface area (Å²) in [6, 6.07) is 4.16. The molecule has 3 aromatic heterocycles. The third-order valence-corrected chi connectivity index (χ3v) is 5.70. The van der Waals surface area contributed by atoms with Crippen LogP contribution in [-0.4, -0.2) is 40.2 Å². The molecule has 4 heterocycles. The Morgan fingerprint density at radius 2 is 1.97 bits per heavy atom. The molecule has 7 nitrogen and oxygen atoms in total. The Labute approximate surface area is 183 Å². The number of hydrogen-bond donors (Lipinski definition) is 1. The number of amides is 1. The lowest BCUT2D eigenvalue weighted by atomic mass is 10.0. The normalized spacial score (nSPS) is 15.5. The van der Waals surface area contributed by atoms with E-state index in [1.807, 2.05) is 18.7 Å². The first-order chi connectivity index (χ1) is 15.1. The minimum absolute atomic E-state index is 0.0564. The molecule has 0 aromatic carbocycles. The van der Waals surface area contributed by atoms with Crippen molar-refractivity contribution in [1.29, 1.82) is 0 Å².